The molecule has 1 N–H and O–H groups in total. The van der Waals surface area contributed by atoms with Crippen molar-refractivity contribution < 1.29 is 9.59 Å². The van der Waals surface area contributed by atoms with Gasteiger partial charge in [-0.25, -0.2) is 0 Å². The molecule has 20 heavy (non-hydrogen) atoms. The van der Waals surface area contributed by atoms with Crippen LogP contribution in [0.3, 0.4) is 0 Å². The number of nitrogens with zero attached hydrogens (tertiary/aromatic N) is 1. The molecule has 0 saturated carbocycles. The number of benzene rings is 1. The normalized spacial score (nSPS) is 26.1. The summed E-state index contributed by atoms with van der Waals surface area (Å²) < 4.78 is 0. The van der Waals surface area contributed by atoms with Crippen LogP contribution in [-0.2, 0) is 16.0 Å². The molecule has 106 valence electrons. The van der Waals surface area contributed by atoms with E-state index in [2.05, 4.69) is 29.6 Å². The van der Waals surface area contributed by atoms with Crippen molar-refractivity contribution in [1.29, 1.82) is 0 Å². The molecule has 2 amide bonds. The van der Waals surface area contributed by atoms with E-state index in [1.54, 1.807) is 0 Å². The number of amides is 2. The summed E-state index contributed by atoms with van der Waals surface area (Å²) in [4.78, 5) is 26.8. The van der Waals surface area contributed by atoms with Crippen molar-refractivity contribution in [2.75, 3.05) is 13.1 Å². The molecule has 2 heterocycles. The molecule has 0 aliphatic carbocycles. The van der Waals surface area contributed by atoms with E-state index in [1.165, 1.54) is 10.5 Å². The summed E-state index contributed by atoms with van der Waals surface area (Å²) in [6, 6.07) is 8.38. The fourth-order valence-corrected chi connectivity index (χ4v) is 4.15. The Morgan fingerprint density at radius 1 is 1.30 bits per heavy atom. The summed E-state index contributed by atoms with van der Waals surface area (Å²) in [6.07, 6.45) is 1.40. The van der Waals surface area contributed by atoms with Crippen LogP contribution in [0.1, 0.15) is 18.9 Å². The van der Waals surface area contributed by atoms with Crippen molar-refractivity contribution in [3.63, 3.8) is 0 Å². The third kappa shape index (κ3) is 2.68. The number of thioether (sulfide) groups is 1. The molecule has 2 unspecified atom stereocenters. The highest BCUT2D eigenvalue weighted by atomic mass is 32.2. The summed E-state index contributed by atoms with van der Waals surface area (Å²) in [5, 5.41) is 3.06. The second-order valence-electron chi connectivity index (χ2n) is 5.43. The first-order chi connectivity index (χ1) is 9.63. The maximum Gasteiger partial charge on any atom is 0.242 e. The minimum atomic E-state index is -0.0317. The Labute approximate surface area is 122 Å². The van der Waals surface area contributed by atoms with Crippen molar-refractivity contribution in [2.24, 2.45) is 0 Å². The maximum absolute atomic E-state index is 12.1. The molecule has 5 heteroatoms. The zero-order chi connectivity index (χ0) is 14.1. The summed E-state index contributed by atoms with van der Waals surface area (Å²) in [5.41, 5.74) is 1.37. The van der Waals surface area contributed by atoms with Crippen LogP contribution >= 0.6 is 11.8 Å². The van der Waals surface area contributed by atoms with Crippen LogP contribution in [0, 0.1) is 0 Å². The van der Waals surface area contributed by atoms with Crippen LogP contribution in [0.4, 0.5) is 0 Å². The van der Waals surface area contributed by atoms with Gasteiger partial charge in [0.05, 0.1) is 6.54 Å². The monoisotopic (exact) mass is 290 g/mol. The van der Waals surface area contributed by atoms with Gasteiger partial charge in [0.1, 0.15) is 0 Å². The van der Waals surface area contributed by atoms with Gasteiger partial charge in [0, 0.05) is 29.2 Å². The predicted octanol–water partition coefficient (Wildman–Crippen LogP) is 1.44. The topological polar surface area (TPSA) is 49.4 Å². The molecule has 2 aliphatic heterocycles. The number of rotatable bonds is 2. The molecule has 2 atom stereocenters. The van der Waals surface area contributed by atoms with E-state index in [0.29, 0.717) is 18.2 Å². The lowest BCUT2D eigenvalue weighted by Gasteiger charge is -2.28. The third-order valence-electron chi connectivity index (χ3n) is 3.88. The summed E-state index contributed by atoms with van der Waals surface area (Å²) >= 11 is 1.84. The van der Waals surface area contributed by atoms with E-state index in [1.807, 2.05) is 23.6 Å². The van der Waals surface area contributed by atoms with Crippen LogP contribution in [0.2, 0.25) is 0 Å². The molecule has 0 bridgehead atoms. The Bertz CT molecular complexity index is 521. The molecule has 1 fully saturated rings. The van der Waals surface area contributed by atoms with Crippen LogP contribution in [0.15, 0.2) is 29.2 Å². The van der Waals surface area contributed by atoms with Gasteiger partial charge in [0.15, 0.2) is 0 Å². The molecule has 1 saturated heterocycles. The summed E-state index contributed by atoms with van der Waals surface area (Å²) in [7, 11) is 0. The summed E-state index contributed by atoms with van der Waals surface area (Å²) in [5.74, 6) is -0.00406. The Morgan fingerprint density at radius 3 is 2.90 bits per heavy atom. The lowest BCUT2D eigenvalue weighted by molar-refractivity contribution is -0.131. The number of carbonyl (C=O) groups is 2. The average Bonchev–Trinajstić information content (AvgIpc) is 2.79. The van der Waals surface area contributed by atoms with Crippen molar-refractivity contribution in [3.05, 3.63) is 29.8 Å². The van der Waals surface area contributed by atoms with Crippen molar-refractivity contribution in [2.45, 2.75) is 36.0 Å². The number of hydrogen-bond acceptors (Lipinski definition) is 3. The SMILES string of the molecule is CC1CC(=O)NCC(=O)N1CC1Cc2ccccc2S1. The Hall–Kier alpha value is -1.49. The van der Waals surface area contributed by atoms with Crippen LogP contribution in [0.5, 0.6) is 0 Å². The molecule has 1 aromatic rings. The molecule has 2 aliphatic rings. The first kappa shape index (κ1) is 13.5. The predicted molar refractivity (Wildman–Crippen MR) is 78.6 cm³/mol. The van der Waals surface area contributed by atoms with E-state index in [-0.39, 0.29) is 24.4 Å². The van der Waals surface area contributed by atoms with Crippen LogP contribution < -0.4 is 5.32 Å². The van der Waals surface area contributed by atoms with E-state index in [0.717, 1.165) is 6.42 Å². The zero-order valence-electron chi connectivity index (χ0n) is 11.5. The van der Waals surface area contributed by atoms with E-state index in [4.69, 9.17) is 0 Å². The largest absolute Gasteiger partial charge is 0.347 e. The van der Waals surface area contributed by atoms with Crippen LogP contribution in [-0.4, -0.2) is 41.1 Å². The molecule has 4 nitrogen and oxygen atoms in total. The standard InChI is InChI=1S/C15H18N2O2S/c1-10-6-14(18)16-8-15(19)17(10)9-12-7-11-4-2-3-5-13(11)20-12/h2-5,10,12H,6-9H2,1H3,(H,16,18). The fourth-order valence-electron chi connectivity index (χ4n) is 2.83. The number of hydrogen-bond donors (Lipinski definition) is 1. The van der Waals surface area contributed by atoms with Crippen molar-refractivity contribution in [3.8, 4) is 0 Å². The van der Waals surface area contributed by atoms with Gasteiger partial charge in [-0.05, 0) is 25.0 Å². The Morgan fingerprint density at radius 2 is 2.10 bits per heavy atom. The second kappa shape index (κ2) is 5.48. The van der Waals surface area contributed by atoms with Crippen LogP contribution in [0.25, 0.3) is 0 Å². The van der Waals surface area contributed by atoms with Gasteiger partial charge in [-0.3, -0.25) is 9.59 Å². The van der Waals surface area contributed by atoms with E-state index in [9.17, 15) is 9.59 Å². The highest BCUT2D eigenvalue weighted by Gasteiger charge is 2.31. The smallest absolute Gasteiger partial charge is 0.242 e. The average molecular weight is 290 g/mol. The zero-order valence-corrected chi connectivity index (χ0v) is 12.3. The van der Waals surface area contributed by atoms with Crippen molar-refractivity contribution in [1.82, 2.24) is 10.2 Å². The van der Waals surface area contributed by atoms with Gasteiger partial charge in [-0.15, -0.1) is 11.8 Å². The maximum atomic E-state index is 12.1. The molecular formula is C15H18N2O2S. The second-order valence-corrected chi connectivity index (χ2v) is 6.77. The molecule has 1 aromatic carbocycles. The van der Waals surface area contributed by atoms with E-state index >= 15 is 0 Å². The first-order valence-corrected chi connectivity index (χ1v) is 7.82. The Balaban J connectivity index is 1.69. The number of fused-ring (bicyclic) bond motifs is 1. The van der Waals surface area contributed by atoms with Gasteiger partial charge in [-0.1, -0.05) is 18.2 Å². The fraction of sp³-hybridized carbons (Fsp3) is 0.467. The minimum Gasteiger partial charge on any atom is -0.347 e. The molecular weight excluding hydrogens is 272 g/mol. The molecule has 0 spiro atoms. The quantitative estimate of drug-likeness (QED) is 0.896. The highest BCUT2D eigenvalue weighted by molar-refractivity contribution is 8.00. The molecule has 0 aromatic heterocycles. The third-order valence-corrected chi connectivity index (χ3v) is 5.19. The molecule has 0 radical (unpaired) electrons. The lowest BCUT2D eigenvalue weighted by Crippen LogP contribution is -2.43. The summed E-state index contributed by atoms with van der Waals surface area (Å²) in [6.45, 7) is 2.80. The molecule has 3 rings (SSSR count). The first-order valence-electron chi connectivity index (χ1n) is 6.94. The number of nitrogens with one attached hydrogen (secondary N) is 1. The lowest BCUT2D eigenvalue weighted by atomic mass is 10.1. The van der Waals surface area contributed by atoms with Gasteiger partial charge in [-0.2, -0.15) is 0 Å². The van der Waals surface area contributed by atoms with E-state index < -0.39 is 0 Å². The van der Waals surface area contributed by atoms with Crippen molar-refractivity contribution >= 4 is 23.6 Å². The van der Waals surface area contributed by atoms with Gasteiger partial charge in [0.2, 0.25) is 11.8 Å². The van der Waals surface area contributed by atoms with Gasteiger partial charge < -0.3 is 10.2 Å². The Kier molecular flexibility index (Phi) is 3.70. The number of carbonyl (C=O) groups excluding carboxylic acids is 2. The van der Waals surface area contributed by atoms with Gasteiger partial charge >= 0.3 is 0 Å². The minimum absolute atomic E-state index is 0.0192. The van der Waals surface area contributed by atoms with Gasteiger partial charge in [0.25, 0.3) is 0 Å². The highest BCUT2D eigenvalue weighted by Crippen LogP contribution is 2.37.